The number of carbonyl (C=O) groups is 2. The van der Waals surface area contributed by atoms with E-state index in [4.69, 9.17) is 19.5 Å². The van der Waals surface area contributed by atoms with E-state index in [1.807, 2.05) is 44.2 Å². The molecule has 31 heavy (non-hydrogen) atoms. The molecule has 1 aliphatic rings. The Bertz CT molecular complexity index is 1090. The number of ether oxygens (including phenoxy) is 1. The molecule has 2 N–H and O–H groups in total. The molecule has 0 unspecified atom stereocenters. The molecule has 0 radical (unpaired) electrons. The first-order chi connectivity index (χ1) is 14.8. The standard InChI is InChI=1S/C22H24N4O5/c1-12-17(13(2)30-24-12)10-18-14(3)31-25-20(18)22(28)26-11-16(9-19(26)21(23)27)29-15-7-5-4-6-8-15/h4-8,16,19H,9-11H2,1-3H3,(H2,23,27)/t16-,19-/m0/s1. The Hall–Kier alpha value is -3.62. The Morgan fingerprint density at radius 2 is 1.77 bits per heavy atom. The number of rotatable bonds is 6. The molecule has 3 aromatic rings. The quantitative estimate of drug-likeness (QED) is 0.644. The molecule has 9 heteroatoms. The fraction of sp³-hybridized carbons (Fsp3) is 0.364. The maximum absolute atomic E-state index is 13.4. The van der Waals surface area contributed by atoms with Crippen LogP contribution in [0.1, 0.15) is 45.3 Å². The molecule has 1 aromatic carbocycles. The van der Waals surface area contributed by atoms with Gasteiger partial charge in [-0.05, 0) is 32.9 Å². The topological polar surface area (TPSA) is 125 Å². The van der Waals surface area contributed by atoms with Crippen molar-refractivity contribution < 1.29 is 23.4 Å². The van der Waals surface area contributed by atoms with Gasteiger partial charge in [0.15, 0.2) is 5.69 Å². The number of aryl methyl sites for hydroxylation is 3. The van der Waals surface area contributed by atoms with Gasteiger partial charge in [-0.1, -0.05) is 28.5 Å². The molecular weight excluding hydrogens is 400 g/mol. The number of para-hydroxylation sites is 1. The molecule has 162 valence electrons. The third-order valence-corrected chi connectivity index (χ3v) is 5.62. The molecule has 0 bridgehead atoms. The van der Waals surface area contributed by atoms with Crippen molar-refractivity contribution >= 4 is 11.8 Å². The highest BCUT2D eigenvalue weighted by Gasteiger charge is 2.42. The van der Waals surface area contributed by atoms with Crippen molar-refractivity contribution in [2.45, 2.75) is 45.8 Å². The molecule has 0 saturated carbocycles. The van der Waals surface area contributed by atoms with Gasteiger partial charge < -0.3 is 24.4 Å². The predicted octanol–water partition coefficient (Wildman–Crippen LogP) is 2.33. The molecule has 0 spiro atoms. The lowest BCUT2D eigenvalue weighted by molar-refractivity contribution is -0.121. The van der Waals surface area contributed by atoms with Crippen LogP contribution in [0.5, 0.6) is 5.75 Å². The van der Waals surface area contributed by atoms with Gasteiger partial charge in [-0.3, -0.25) is 9.59 Å². The van der Waals surface area contributed by atoms with E-state index < -0.39 is 17.9 Å². The second-order valence-corrected chi connectivity index (χ2v) is 7.71. The number of primary amides is 1. The third kappa shape index (κ3) is 4.03. The monoisotopic (exact) mass is 424 g/mol. The normalized spacial score (nSPS) is 18.4. The Morgan fingerprint density at radius 1 is 1.10 bits per heavy atom. The Kier molecular flexibility index (Phi) is 5.50. The summed E-state index contributed by atoms with van der Waals surface area (Å²) < 4.78 is 16.5. The largest absolute Gasteiger partial charge is 0.488 e. The summed E-state index contributed by atoms with van der Waals surface area (Å²) in [5, 5.41) is 7.96. The van der Waals surface area contributed by atoms with Crippen LogP contribution in [0, 0.1) is 20.8 Å². The number of nitrogens with two attached hydrogens (primary N) is 1. The zero-order valence-electron chi connectivity index (χ0n) is 17.6. The Labute approximate surface area is 179 Å². The van der Waals surface area contributed by atoms with Crippen molar-refractivity contribution in [1.29, 1.82) is 0 Å². The molecule has 9 nitrogen and oxygen atoms in total. The molecule has 3 heterocycles. The third-order valence-electron chi connectivity index (χ3n) is 5.62. The van der Waals surface area contributed by atoms with Crippen molar-refractivity contribution in [1.82, 2.24) is 15.2 Å². The van der Waals surface area contributed by atoms with Crippen LogP contribution >= 0.6 is 0 Å². The van der Waals surface area contributed by atoms with E-state index in [1.54, 1.807) is 6.92 Å². The number of amides is 2. The van der Waals surface area contributed by atoms with Gasteiger partial charge in [0.2, 0.25) is 5.91 Å². The zero-order valence-corrected chi connectivity index (χ0v) is 17.6. The molecule has 1 aliphatic heterocycles. The van der Waals surface area contributed by atoms with Gasteiger partial charge in [0.25, 0.3) is 5.91 Å². The van der Waals surface area contributed by atoms with E-state index in [-0.39, 0.29) is 18.3 Å². The second-order valence-electron chi connectivity index (χ2n) is 7.71. The number of benzene rings is 1. The molecule has 0 aliphatic carbocycles. The van der Waals surface area contributed by atoms with Gasteiger partial charge in [0.1, 0.15) is 29.4 Å². The van der Waals surface area contributed by atoms with Crippen molar-refractivity contribution in [2.24, 2.45) is 5.73 Å². The smallest absolute Gasteiger partial charge is 0.277 e. The molecule has 1 saturated heterocycles. The molecule has 2 atom stereocenters. The van der Waals surface area contributed by atoms with E-state index in [0.29, 0.717) is 35.7 Å². The zero-order chi connectivity index (χ0) is 22.1. The van der Waals surface area contributed by atoms with E-state index >= 15 is 0 Å². The highest BCUT2D eigenvalue weighted by Crippen LogP contribution is 2.28. The average molecular weight is 424 g/mol. The van der Waals surface area contributed by atoms with Crippen LogP contribution in [0.2, 0.25) is 0 Å². The van der Waals surface area contributed by atoms with Crippen LogP contribution in [0.4, 0.5) is 0 Å². The van der Waals surface area contributed by atoms with Crippen LogP contribution < -0.4 is 10.5 Å². The van der Waals surface area contributed by atoms with E-state index in [1.165, 1.54) is 4.90 Å². The highest BCUT2D eigenvalue weighted by molar-refractivity contribution is 5.97. The van der Waals surface area contributed by atoms with Gasteiger partial charge in [0.05, 0.1) is 12.2 Å². The highest BCUT2D eigenvalue weighted by atomic mass is 16.5. The van der Waals surface area contributed by atoms with Gasteiger partial charge in [-0.15, -0.1) is 0 Å². The Morgan fingerprint density at radius 3 is 2.42 bits per heavy atom. The summed E-state index contributed by atoms with van der Waals surface area (Å²) in [6.45, 7) is 5.62. The summed E-state index contributed by atoms with van der Waals surface area (Å²) >= 11 is 0. The average Bonchev–Trinajstić information content (AvgIpc) is 3.42. The minimum absolute atomic E-state index is 0.157. The number of hydrogen-bond donors (Lipinski definition) is 1. The fourth-order valence-electron chi connectivity index (χ4n) is 3.90. The number of aromatic nitrogens is 2. The summed E-state index contributed by atoms with van der Waals surface area (Å²) in [6, 6.07) is 8.47. The van der Waals surface area contributed by atoms with E-state index in [0.717, 1.165) is 11.3 Å². The van der Waals surface area contributed by atoms with Gasteiger partial charge in [-0.25, -0.2) is 0 Å². The summed E-state index contributed by atoms with van der Waals surface area (Å²) in [6.07, 6.45) is 0.339. The number of likely N-dealkylation sites (tertiary alicyclic amines) is 1. The number of carbonyl (C=O) groups excluding carboxylic acids is 2. The molecule has 4 rings (SSSR count). The maximum Gasteiger partial charge on any atom is 0.277 e. The van der Waals surface area contributed by atoms with E-state index in [2.05, 4.69) is 10.3 Å². The van der Waals surface area contributed by atoms with Crippen molar-refractivity contribution in [2.75, 3.05) is 6.54 Å². The van der Waals surface area contributed by atoms with E-state index in [9.17, 15) is 9.59 Å². The van der Waals surface area contributed by atoms with Crippen molar-refractivity contribution in [3.05, 3.63) is 64.4 Å². The van der Waals surface area contributed by atoms with Crippen LogP contribution in [0.25, 0.3) is 0 Å². The molecule has 1 fully saturated rings. The van der Waals surface area contributed by atoms with Crippen molar-refractivity contribution in [3.8, 4) is 5.75 Å². The first-order valence-corrected chi connectivity index (χ1v) is 10.0. The Balaban J connectivity index is 1.59. The second kappa shape index (κ2) is 8.25. The predicted molar refractivity (Wildman–Crippen MR) is 110 cm³/mol. The summed E-state index contributed by atoms with van der Waals surface area (Å²) in [5.41, 5.74) is 8.00. The lowest BCUT2D eigenvalue weighted by Crippen LogP contribution is -2.44. The van der Waals surface area contributed by atoms with Crippen LogP contribution in [-0.2, 0) is 11.2 Å². The van der Waals surface area contributed by atoms with Crippen LogP contribution in [0.15, 0.2) is 39.4 Å². The first-order valence-electron chi connectivity index (χ1n) is 10.0. The number of nitrogens with zero attached hydrogens (tertiary/aromatic N) is 3. The molecular formula is C22H24N4O5. The van der Waals surface area contributed by atoms with Crippen LogP contribution in [-0.4, -0.2) is 45.7 Å². The summed E-state index contributed by atoms with van der Waals surface area (Å²) in [7, 11) is 0. The minimum atomic E-state index is -0.787. The minimum Gasteiger partial charge on any atom is -0.488 e. The van der Waals surface area contributed by atoms with Crippen LogP contribution in [0.3, 0.4) is 0 Å². The fourth-order valence-corrected chi connectivity index (χ4v) is 3.90. The van der Waals surface area contributed by atoms with Gasteiger partial charge in [-0.2, -0.15) is 0 Å². The number of hydrogen-bond acceptors (Lipinski definition) is 7. The molecule has 2 amide bonds. The lowest BCUT2D eigenvalue weighted by Gasteiger charge is -2.21. The molecule has 2 aromatic heterocycles. The van der Waals surface area contributed by atoms with Crippen molar-refractivity contribution in [3.63, 3.8) is 0 Å². The SMILES string of the molecule is Cc1noc(C)c1Cc1c(C(=O)N2C[C@@H](Oc3ccccc3)C[C@H]2C(N)=O)noc1C. The first kappa shape index (κ1) is 20.6. The van der Waals surface area contributed by atoms with Gasteiger partial charge in [0, 0.05) is 24.0 Å². The summed E-state index contributed by atoms with van der Waals surface area (Å²) in [4.78, 5) is 26.9. The summed E-state index contributed by atoms with van der Waals surface area (Å²) in [5.74, 6) is 0.863. The maximum atomic E-state index is 13.4. The lowest BCUT2D eigenvalue weighted by atomic mass is 10.0. The van der Waals surface area contributed by atoms with Gasteiger partial charge >= 0.3 is 0 Å².